The van der Waals surface area contributed by atoms with Crippen molar-refractivity contribution in [1.29, 1.82) is 0 Å². The lowest BCUT2D eigenvalue weighted by Gasteiger charge is -2.14. The quantitative estimate of drug-likeness (QED) is 0.382. The molecule has 0 aromatic heterocycles. The second-order valence-electron chi connectivity index (χ2n) is 5.93. The van der Waals surface area contributed by atoms with E-state index in [2.05, 4.69) is 21.7 Å². The van der Waals surface area contributed by atoms with E-state index in [0.717, 1.165) is 35.0 Å². The third-order valence-corrected chi connectivity index (χ3v) is 3.98. The molecule has 0 unspecified atom stereocenters. The van der Waals surface area contributed by atoms with Crippen molar-refractivity contribution in [2.45, 2.75) is 19.5 Å². The fraction of sp³-hybridized carbons (Fsp3) is 0.381. The summed E-state index contributed by atoms with van der Waals surface area (Å²) in [6, 6.07) is 16.0. The third-order valence-electron chi connectivity index (χ3n) is 3.98. The van der Waals surface area contributed by atoms with E-state index in [4.69, 9.17) is 14.2 Å². The van der Waals surface area contributed by atoms with E-state index in [0.29, 0.717) is 26.3 Å². The van der Waals surface area contributed by atoms with Gasteiger partial charge in [-0.3, -0.25) is 4.99 Å². The van der Waals surface area contributed by atoms with Crippen LogP contribution in [-0.4, -0.2) is 40.4 Å². The van der Waals surface area contributed by atoms with Gasteiger partial charge in [0.25, 0.3) is 0 Å². The molecule has 0 saturated carbocycles. The minimum atomic E-state index is 0.631. The Morgan fingerprint density at radius 2 is 1.78 bits per heavy atom. The molecule has 0 aliphatic carbocycles. The van der Waals surface area contributed by atoms with Crippen LogP contribution < -0.4 is 20.1 Å². The molecule has 0 aliphatic rings. The predicted molar refractivity (Wildman–Crippen MR) is 108 cm³/mol. The molecule has 2 aromatic rings. The van der Waals surface area contributed by atoms with Crippen molar-refractivity contribution < 1.29 is 14.2 Å². The number of hydrogen-bond donors (Lipinski definition) is 2. The van der Waals surface area contributed by atoms with Gasteiger partial charge >= 0.3 is 0 Å². The first-order valence-corrected chi connectivity index (χ1v) is 9.04. The molecule has 0 spiro atoms. The number of hydrogen-bond acceptors (Lipinski definition) is 4. The summed E-state index contributed by atoms with van der Waals surface area (Å²) in [5.74, 6) is 2.45. The van der Waals surface area contributed by atoms with Crippen molar-refractivity contribution in [2.24, 2.45) is 4.99 Å². The minimum absolute atomic E-state index is 0.631. The molecule has 0 atom stereocenters. The lowest BCUT2D eigenvalue weighted by atomic mass is 10.2. The molecule has 6 nitrogen and oxygen atoms in total. The molecule has 2 aromatic carbocycles. The SMILES string of the molecule is CN=C(NCc1cccc(OCCCOC)c1)NCc1ccccc1OC. The molecular formula is C21H29N3O3. The maximum Gasteiger partial charge on any atom is 0.191 e. The number of benzene rings is 2. The van der Waals surface area contributed by atoms with Crippen molar-refractivity contribution >= 4 is 5.96 Å². The highest BCUT2D eigenvalue weighted by atomic mass is 16.5. The first kappa shape index (κ1) is 20.6. The van der Waals surface area contributed by atoms with Gasteiger partial charge in [0, 0.05) is 45.8 Å². The third kappa shape index (κ3) is 7.19. The lowest BCUT2D eigenvalue weighted by molar-refractivity contribution is 0.172. The van der Waals surface area contributed by atoms with E-state index in [1.54, 1.807) is 21.3 Å². The molecule has 0 fully saturated rings. The summed E-state index contributed by atoms with van der Waals surface area (Å²) in [5.41, 5.74) is 2.20. The van der Waals surface area contributed by atoms with Gasteiger partial charge in [-0.2, -0.15) is 0 Å². The number of methoxy groups -OCH3 is 2. The van der Waals surface area contributed by atoms with E-state index < -0.39 is 0 Å². The first-order chi connectivity index (χ1) is 13.3. The maximum atomic E-state index is 5.75. The summed E-state index contributed by atoms with van der Waals surface area (Å²) in [4.78, 5) is 4.27. The van der Waals surface area contributed by atoms with Gasteiger partial charge in [0.15, 0.2) is 5.96 Å². The van der Waals surface area contributed by atoms with Crippen LogP contribution in [0.15, 0.2) is 53.5 Å². The summed E-state index contributed by atoms with van der Waals surface area (Å²) >= 11 is 0. The van der Waals surface area contributed by atoms with Crippen molar-refractivity contribution in [3.63, 3.8) is 0 Å². The van der Waals surface area contributed by atoms with Gasteiger partial charge in [0.1, 0.15) is 11.5 Å². The summed E-state index contributed by atoms with van der Waals surface area (Å²) in [6.07, 6.45) is 0.873. The average molecular weight is 371 g/mol. The van der Waals surface area contributed by atoms with Crippen LogP contribution >= 0.6 is 0 Å². The van der Waals surface area contributed by atoms with E-state index in [1.807, 2.05) is 42.5 Å². The summed E-state index contributed by atoms with van der Waals surface area (Å²) < 4.78 is 16.2. The van der Waals surface area contributed by atoms with Gasteiger partial charge in [-0.1, -0.05) is 30.3 Å². The predicted octanol–water partition coefficient (Wildman–Crippen LogP) is 2.98. The maximum absolute atomic E-state index is 5.75. The molecule has 146 valence electrons. The van der Waals surface area contributed by atoms with E-state index in [-0.39, 0.29) is 0 Å². The van der Waals surface area contributed by atoms with Gasteiger partial charge in [0.2, 0.25) is 0 Å². The highest BCUT2D eigenvalue weighted by molar-refractivity contribution is 5.79. The fourth-order valence-electron chi connectivity index (χ4n) is 2.57. The molecular weight excluding hydrogens is 342 g/mol. The molecule has 6 heteroatoms. The number of rotatable bonds is 10. The van der Waals surface area contributed by atoms with E-state index >= 15 is 0 Å². The Hall–Kier alpha value is -2.73. The van der Waals surface area contributed by atoms with Crippen LogP contribution in [-0.2, 0) is 17.8 Å². The van der Waals surface area contributed by atoms with Crippen LogP contribution in [0, 0.1) is 0 Å². The molecule has 0 amide bonds. The Morgan fingerprint density at radius 1 is 0.963 bits per heavy atom. The van der Waals surface area contributed by atoms with Crippen LogP contribution in [0.25, 0.3) is 0 Å². The molecule has 0 aliphatic heterocycles. The molecule has 0 radical (unpaired) electrons. The van der Waals surface area contributed by atoms with Crippen LogP contribution in [0.5, 0.6) is 11.5 Å². The molecule has 0 saturated heterocycles. The summed E-state index contributed by atoms with van der Waals surface area (Å²) in [5, 5.41) is 6.63. The minimum Gasteiger partial charge on any atom is -0.496 e. The number of ether oxygens (including phenoxy) is 3. The van der Waals surface area contributed by atoms with Crippen LogP contribution in [0.1, 0.15) is 17.5 Å². The number of nitrogens with one attached hydrogen (secondary N) is 2. The van der Waals surface area contributed by atoms with Gasteiger partial charge in [-0.05, 0) is 23.8 Å². The van der Waals surface area contributed by atoms with Gasteiger partial charge in [-0.15, -0.1) is 0 Å². The monoisotopic (exact) mass is 371 g/mol. The highest BCUT2D eigenvalue weighted by Gasteiger charge is 2.04. The van der Waals surface area contributed by atoms with Gasteiger partial charge in [-0.25, -0.2) is 0 Å². The Morgan fingerprint density at radius 3 is 2.56 bits per heavy atom. The number of guanidine groups is 1. The highest BCUT2D eigenvalue weighted by Crippen LogP contribution is 2.16. The topological polar surface area (TPSA) is 64.1 Å². The lowest BCUT2D eigenvalue weighted by Crippen LogP contribution is -2.36. The zero-order valence-electron chi connectivity index (χ0n) is 16.3. The summed E-state index contributed by atoms with van der Waals surface area (Å²) in [7, 11) is 5.13. The first-order valence-electron chi connectivity index (χ1n) is 9.04. The molecule has 2 rings (SSSR count). The molecule has 2 N–H and O–H groups in total. The molecule has 27 heavy (non-hydrogen) atoms. The van der Waals surface area contributed by atoms with Crippen LogP contribution in [0.3, 0.4) is 0 Å². The van der Waals surface area contributed by atoms with Gasteiger partial charge < -0.3 is 24.8 Å². The van der Waals surface area contributed by atoms with E-state index in [1.165, 1.54) is 0 Å². The normalized spacial score (nSPS) is 11.1. The zero-order chi connectivity index (χ0) is 19.3. The zero-order valence-corrected chi connectivity index (χ0v) is 16.3. The standard InChI is InChI=1S/C21H29N3O3/c1-22-21(24-16-18-9-4-5-11-20(18)26-3)23-15-17-8-6-10-19(14-17)27-13-7-12-25-2/h4-6,8-11,14H,7,12-13,15-16H2,1-3H3,(H2,22,23,24). The second-order valence-corrected chi connectivity index (χ2v) is 5.93. The Labute approximate surface area is 161 Å². The smallest absolute Gasteiger partial charge is 0.191 e. The van der Waals surface area contributed by atoms with Crippen LogP contribution in [0.4, 0.5) is 0 Å². The molecule has 0 bridgehead atoms. The van der Waals surface area contributed by atoms with Crippen molar-refractivity contribution in [3.8, 4) is 11.5 Å². The van der Waals surface area contributed by atoms with Crippen molar-refractivity contribution in [3.05, 3.63) is 59.7 Å². The second kappa shape index (κ2) is 11.8. The summed E-state index contributed by atoms with van der Waals surface area (Å²) in [6.45, 7) is 2.63. The number of aliphatic imine (C=N–C) groups is 1. The average Bonchev–Trinajstić information content (AvgIpc) is 2.72. The van der Waals surface area contributed by atoms with Gasteiger partial charge in [0.05, 0.1) is 13.7 Å². The van der Waals surface area contributed by atoms with Crippen molar-refractivity contribution in [1.82, 2.24) is 10.6 Å². The number of nitrogens with zero attached hydrogens (tertiary/aromatic N) is 1. The fourth-order valence-corrected chi connectivity index (χ4v) is 2.57. The largest absolute Gasteiger partial charge is 0.496 e. The Balaban J connectivity index is 1.83. The Kier molecular flexibility index (Phi) is 9.00. The van der Waals surface area contributed by atoms with Crippen molar-refractivity contribution in [2.75, 3.05) is 34.5 Å². The molecule has 0 heterocycles. The van der Waals surface area contributed by atoms with E-state index in [9.17, 15) is 0 Å². The number of para-hydroxylation sites is 1. The van der Waals surface area contributed by atoms with Crippen LogP contribution in [0.2, 0.25) is 0 Å². The Bertz CT molecular complexity index is 719.